The van der Waals surface area contributed by atoms with Gasteiger partial charge in [-0.1, -0.05) is 101 Å². The Kier molecular flexibility index (Phi) is 10.8. The lowest BCUT2D eigenvalue weighted by Crippen LogP contribution is -2.40. The minimum Gasteiger partial charge on any atom is -0.464 e. The van der Waals surface area contributed by atoms with Crippen molar-refractivity contribution in [3.8, 4) is 22.3 Å². The summed E-state index contributed by atoms with van der Waals surface area (Å²) >= 11 is 3.33. The summed E-state index contributed by atoms with van der Waals surface area (Å²) in [6.45, 7) is 2.29. The Balaban J connectivity index is 1.36. The Morgan fingerprint density at radius 2 is 1.12 bits per heavy atom. The average molecular weight is 652 g/mol. The van der Waals surface area contributed by atoms with Crippen LogP contribution in [0.4, 0.5) is 8.78 Å². The Bertz CT molecular complexity index is 1430. The van der Waals surface area contributed by atoms with Crippen molar-refractivity contribution in [2.75, 3.05) is 25.2 Å². The van der Waals surface area contributed by atoms with Crippen molar-refractivity contribution < 1.29 is 33.0 Å². The number of carbonyl (C=O) groups is 2. The molecule has 0 radical (unpaired) electrons. The number of aliphatic hydroxyl groups excluding tert-OH is 1. The molecule has 1 N–H and O–H groups in total. The van der Waals surface area contributed by atoms with Crippen molar-refractivity contribution in [3.05, 3.63) is 120 Å². The first-order chi connectivity index (χ1) is 20.7. The van der Waals surface area contributed by atoms with Gasteiger partial charge in [0.2, 0.25) is 0 Å². The van der Waals surface area contributed by atoms with E-state index in [0.29, 0.717) is 22.3 Å². The highest BCUT2D eigenvalue weighted by molar-refractivity contribution is 9.09. The van der Waals surface area contributed by atoms with E-state index in [1.165, 1.54) is 12.1 Å². The van der Waals surface area contributed by atoms with Crippen LogP contribution in [0.15, 0.2) is 97.1 Å². The smallest absolute Gasteiger partial charge is 0.313 e. The number of halogens is 3. The van der Waals surface area contributed by atoms with Crippen LogP contribution in [0, 0.1) is 17.0 Å². The van der Waals surface area contributed by atoms with E-state index in [4.69, 9.17) is 9.47 Å². The summed E-state index contributed by atoms with van der Waals surface area (Å²) in [7, 11) is 0. The van der Waals surface area contributed by atoms with Gasteiger partial charge in [-0.15, -0.1) is 0 Å². The minimum absolute atomic E-state index is 0.167. The lowest BCUT2D eigenvalue weighted by atomic mass is 9.93. The molecule has 5 nitrogen and oxygen atoms in total. The van der Waals surface area contributed by atoms with Crippen LogP contribution in [0.3, 0.4) is 0 Å². The third kappa shape index (κ3) is 7.75. The number of alkyl halides is 1. The lowest BCUT2D eigenvalue weighted by Gasteiger charge is -2.29. The molecular weight excluding hydrogens is 618 g/mol. The van der Waals surface area contributed by atoms with Gasteiger partial charge in [0.15, 0.2) is 0 Å². The molecule has 0 aliphatic rings. The summed E-state index contributed by atoms with van der Waals surface area (Å²) in [5, 5.41) is 10.3. The fourth-order valence-electron chi connectivity index (χ4n) is 4.53. The van der Waals surface area contributed by atoms with Crippen LogP contribution in [0.5, 0.6) is 0 Å². The van der Waals surface area contributed by atoms with Gasteiger partial charge in [-0.05, 0) is 48.2 Å². The van der Waals surface area contributed by atoms with E-state index in [0.717, 1.165) is 11.1 Å². The van der Waals surface area contributed by atoms with Crippen LogP contribution in [0.1, 0.15) is 36.8 Å². The molecule has 0 amide bonds. The molecule has 8 heteroatoms. The van der Waals surface area contributed by atoms with Crippen LogP contribution >= 0.6 is 15.9 Å². The van der Waals surface area contributed by atoms with Gasteiger partial charge in [0.05, 0.1) is 23.9 Å². The Labute approximate surface area is 258 Å². The van der Waals surface area contributed by atoms with Crippen LogP contribution in [-0.2, 0) is 19.1 Å². The zero-order valence-electron chi connectivity index (χ0n) is 23.9. The third-order valence-electron chi connectivity index (χ3n) is 7.52. The fourth-order valence-corrected chi connectivity index (χ4v) is 5.03. The van der Waals surface area contributed by atoms with Gasteiger partial charge in [0.25, 0.3) is 0 Å². The van der Waals surface area contributed by atoms with Gasteiger partial charge in [-0.25, -0.2) is 8.78 Å². The monoisotopic (exact) mass is 650 g/mol. The highest BCUT2D eigenvalue weighted by atomic mass is 79.9. The number of carbonyl (C=O) groups excluding carboxylic acids is 2. The molecule has 0 saturated heterocycles. The van der Waals surface area contributed by atoms with Crippen LogP contribution in [-0.4, -0.2) is 42.2 Å². The van der Waals surface area contributed by atoms with E-state index in [-0.39, 0.29) is 18.5 Å². The normalized spacial score (nSPS) is 12.8. The average Bonchev–Trinajstić information content (AvgIpc) is 3.04. The Morgan fingerprint density at radius 1 is 0.721 bits per heavy atom. The van der Waals surface area contributed by atoms with Crippen molar-refractivity contribution in [1.29, 1.82) is 0 Å². The van der Waals surface area contributed by atoms with E-state index in [1.54, 1.807) is 62.4 Å². The summed E-state index contributed by atoms with van der Waals surface area (Å²) in [6, 6.07) is 27.4. The van der Waals surface area contributed by atoms with Crippen LogP contribution in [0.2, 0.25) is 0 Å². The predicted molar refractivity (Wildman–Crippen MR) is 166 cm³/mol. The molecule has 4 aromatic rings. The van der Waals surface area contributed by atoms with Crippen molar-refractivity contribution in [2.24, 2.45) is 5.41 Å². The zero-order valence-corrected chi connectivity index (χ0v) is 25.5. The molecule has 0 aliphatic carbocycles. The Morgan fingerprint density at radius 3 is 1.44 bits per heavy atom. The first kappa shape index (κ1) is 32.0. The molecule has 4 aromatic carbocycles. The second-order valence-corrected chi connectivity index (χ2v) is 11.2. The molecule has 0 heterocycles. The zero-order chi connectivity index (χ0) is 31.0. The standard InChI is InChI=1S/C35H33BrF2O5/c1-23(27-13-15-29(31(37)17-27)25-9-5-3-6-10-25)33(40)42-21-35(19-36,20-39)22-43-34(41)24(2)28-14-16-30(32(38)18-28)26-11-7-4-8-12-26/h3-18,23-24,39H,19-22H2,1-2H3/t23-,24-/m0/s1. The van der Waals surface area contributed by atoms with Gasteiger partial charge < -0.3 is 14.6 Å². The predicted octanol–water partition coefficient (Wildman–Crippen LogP) is 7.67. The molecule has 0 bridgehead atoms. The first-order valence-electron chi connectivity index (χ1n) is 13.9. The van der Waals surface area contributed by atoms with Gasteiger partial charge in [0.1, 0.15) is 24.8 Å². The second-order valence-electron chi connectivity index (χ2n) is 10.7. The number of esters is 2. The van der Waals surface area contributed by atoms with Crippen molar-refractivity contribution >= 4 is 27.9 Å². The molecule has 4 rings (SSSR count). The topological polar surface area (TPSA) is 72.8 Å². The molecule has 0 saturated carbocycles. The summed E-state index contributed by atoms with van der Waals surface area (Å²) in [5.74, 6) is -3.68. The van der Waals surface area contributed by atoms with Gasteiger partial charge in [-0.3, -0.25) is 9.59 Å². The molecule has 43 heavy (non-hydrogen) atoms. The van der Waals surface area contributed by atoms with Crippen molar-refractivity contribution in [3.63, 3.8) is 0 Å². The van der Waals surface area contributed by atoms with E-state index in [9.17, 15) is 23.5 Å². The fraction of sp³-hybridized carbons (Fsp3) is 0.257. The maximum absolute atomic E-state index is 14.9. The molecule has 0 unspecified atom stereocenters. The summed E-state index contributed by atoms with van der Waals surface area (Å²) in [5.41, 5.74) is 2.08. The van der Waals surface area contributed by atoms with E-state index in [1.807, 2.05) is 36.4 Å². The molecule has 0 aliphatic heterocycles. The number of rotatable bonds is 12. The first-order valence-corrected chi connectivity index (χ1v) is 15.0. The maximum Gasteiger partial charge on any atom is 0.313 e. The SMILES string of the molecule is C[C@H](C(=O)OCC(CO)(CBr)COC(=O)[C@@H](C)c1ccc(-c2ccccc2)c(F)c1)c1ccc(-c2ccccc2)c(F)c1. The molecule has 0 spiro atoms. The summed E-state index contributed by atoms with van der Waals surface area (Å²) in [4.78, 5) is 25.8. The highest BCUT2D eigenvalue weighted by Gasteiger charge is 2.34. The van der Waals surface area contributed by atoms with Crippen LogP contribution in [0.25, 0.3) is 22.3 Å². The number of hydrogen-bond acceptors (Lipinski definition) is 5. The highest BCUT2D eigenvalue weighted by Crippen LogP contribution is 2.30. The second kappa shape index (κ2) is 14.5. The maximum atomic E-state index is 14.9. The number of benzene rings is 4. The molecule has 0 fully saturated rings. The number of ether oxygens (including phenoxy) is 2. The summed E-state index contributed by atoms with van der Waals surface area (Å²) in [6.07, 6.45) is 0. The minimum atomic E-state index is -1.12. The largest absolute Gasteiger partial charge is 0.464 e. The van der Waals surface area contributed by atoms with E-state index in [2.05, 4.69) is 15.9 Å². The van der Waals surface area contributed by atoms with Gasteiger partial charge in [-0.2, -0.15) is 0 Å². The summed E-state index contributed by atoms with van der Waals surface area (Å²) < 4.78 is 40.8. The molecule has 224 valence electrons. The molecule has 2 atom stereocenters. The van der Waals surface area contributed by atoms with Gasteiger partial charge >= 0.3 is 11.9 Å². The Hall–Kier alpha value is -3.88. The van der Waals surface area contributed by atoms with E-state index >= 15 is 0 Å². The molecule has 0 aromatic heterocycles. The quantitative estimate of drug-likeness (QED) is 0.126. The number of aliphatic hydroxyl groups is 1. The number of hydrogen-bond donors (Lipinski definition) is 1. The third-order valence-corrected chi connectivity index (χ3v) is 8.71. The van der Waals surface area contributed by atoms with Crippen molar-refractivity contribution in [2.45, 2.75) is 25.7 Å². The lowest BCUT2D eigenvalue weighted by molar-refractivity contribution is -0.156. The van der Waals surface area contributed by atoms with E-state index < -0.39 is 47.4 Å². The van der Waals surface area contributed by atoms with Crippen molar-refractivity contribution in [1.82, 2.24) is 0 Å². The molecular formula is C35H33BrF2O5. The van der Waals surface area contributed by atoms with Gasteiger partial charge in [0, 0.05) is 16.5 Å². The van der Waals surface area contributed by atoms with Crippen LogP contribution < -0.4 is 0 Å².